The minimum Gasteiger partial charge on any atom is -0.399 e. The van der Waals surface area contributed by atoms with E-state index in [1.807, 2.05) is 11.3 Å². The second-order valence-corrected chi connectivity index (χ2v) is 9.61. The van der Waals surface area contributed by atoms with E-state index in [1.54, 1.807) is 25.1 Å². The number of nitrogens with zero attached hydrogens (tertiary/aromatic N) is 4. The number of nitrogen functional groups attached to an aromatic ring is 1. The molecule has 9 nitrogen and oxygen atoms in total. The number of halogens is 3. The van der Waals surface area contributed by atoms with E-state index in [2.05, 4.69) is 10.3 Å². The van der Waals surface area contributed by atoms with Crippen LogP contribution in [-0.2, 0) is 33.5 Å². The van der Waals surface area contributed by atoms with E-state index in [1.165, 1.54) is 6.07 Å². The van der Waals surface area contributed by atoms with Crippen LogP contribution in [-0.4, -0.2) is 51.1 Å². The summed E-state index contributed by atoms with van der Waals surface area (Å²) in [5.74, 6) is 1.09. The number of aryl methyl sites for hydroxylation is 1. The zero-order valence-electron chi connectivity index (χ0n) is 20.9. The second-order valence-electron chi connectivity index (χ2n) is 9.61. The number of carbonyl (C=O) groups excluding carboxylic acids is 1. The molecule has 1 atom stereocenters. The number of amides is 1. The number of alkyl halides is 3. The first kappa shape index (κ1) is 25.3. The fourth-order valence-corrected chi connectivity index (χ4v) is 5.19. The van der Waals surface area contributed by atoms with E-state index in [9.17, 15) is 18.0 Å². The standard InChI is InChI=1S/C25H29F3N6O3/c1-14(16-8-17(25(26,27)28)10-18(29)9-16)31-22-19-12-33(23(35)24(36-3)4-6-37-7-5-24)13-20(19)34-15(2)30-11-21(34)32-22/h8-11,14H,4-7,12-13,29H2,1-3H3,(H,31,32)/t14-/m1/s1. The highest BCUT2D eigenvalue weighted by Crippen LogP contribution is 2.37. The molecule has 2 aliphatic heterocycles. The highest BCUT2D eigenvalue weighted by molar-refractivity contribution is 5.86. The third-order valence-corrected chi connectivity index (χ3v) is 7.27. The fourth-order valence-electron chi connectivity index (χ4n) is 5.19. The maximum Gasteiger partial charge on any atom is 0.416 e. The first-order valence-corrected chi connectivity index (χ1v) is 12.0. The van der Waals surface area contributed by atoms with E-state index >= 15 is 0 Å². The van der Waals surface area contributed by atoms with Crippen molar-refractivity contribution in [2.75, 3.05) is 31.4 Å². The van der Waals surface area contributed by atoms with Gasteiger partial charge in [0, 0.05) is 44.4 Å². The number of benzene rings is 1. The van der Waals surface area contributed by atoms with Crippen molar-refractivity contribution in [2.24, 2.45) is 0 Å². The molecule has 1 aromatic carbocycles. The van der Waals surface area contributed by atoms with Crippen LogP contribution in [0.15, 0.2) is 24.4 Å². The molecule has 198 valence electrons. The summed E-state index contributed by atoms with van der Waals surface area (Å²) in [5, 5.41) is 3.26. The Morgan fingerprint density at radius 3 is 2.65 bits per heavy atom. The Labute approximate surface area is 211 Å². The van der Waals surface area contributed by atoms with Gasteiger partial charge >= 0.3 is 6.18 Å². The quantitative estimate of drug-likeness (QED) is 0.494. The van der Waals surface area contributed by atoms with Crippen molar-refractivity contribution >= 4 is 23.1 Å². The minimum atomic E-state index is -4.51. The summed E-state index contributed by atoms with van der Waals surface area (Å²) >= 11 is 0. The van der Waals surface area contributed by atoms with Crippen LogP contribution < -0.4 is 11.1 Å². The average Bonchev–Trinajstić information content (AvgIpc) is 3.47. The van der Waals surface area contributed by atoms with Crippen LogP contribution in [0.25, 0.3) is 5.65 Å². The normalized spacial score (nSPS) is 18.2. The van der Waals surface area contributed by atoms with Gasteiger partial charge in [0.05, 0.1) is 36.6 Å². The van der Waals surface area contributed by atoms with Crippen molar-refractivity contribution < 1.29 is 27.4 Å². The predicted molar refractivity (Wildman–Crippen MR) is 130 cm³/mol. The van der Waals surface area contributed by atoms with E-state index in [0.29, 0.717) is 49.6 Å². The number of nitrogens with two attached hydrogens (primary N) is 1. The molecule has 12 heteroatoms. The SMILES string of the molecule is COC1(C(=O)N2Cc3c(N[C@H](C)c4cc(N)cc(C(F)(F)F)c4)nc4cnc(C)n4c3C2)CCOCC1. The predicted octanol–water partition coefficient (Wildman–Crippen LogP) is 3.85. The van der Waals surface area contributed by atoms with Crippen molar-refractivity contribution in [3.8, 4) is 0 Å². The molecule has 0 bridgehead atoms. The lowest BCUT2D eigenvalue weighted by molar-refractivity contribution is -0.167. The smallest absolute Gasteiger partial charge is 0.399 e. The summed E-state index contributed by atoms with van der Waals surface area (Å²) in [5.41, 5.74) is 6.64. The van der Waals surface area contributed by atoms with Gasteiger partial charge in [0.1, 0.15) is 11.6 Å². The molecule has 5 rings (SSSR count). The van der Waals surface area contributed by atoms with Gasteiger partial charge in [-0.25, -0.2) is 9.97 Å². The maximum absolute atomic E-state index is 13.7. The van der Waals surface area contributed by atoms with Crippen molar-refractivity contribution in [3.63, 3.8) is 0 Å². The van der Waals surface area contributed by atoms with E-state index in [-0.39, 0.29) is 18.1 Å². The van der Waals surface area contributed by atoms with Crippen molar-refractivity contribution in [3.05, 3.63) is 52.6 Å². The van der Waals surface area contributed by atoms with Crippen LogP contribution in [0.3, 0.4) is 0 Å². The molecule has 2 aromatic heterocycles. The highest BCUT2D eigenvalue weighted by Gasteiger charge is 2.45. The van der Waals surface area contributed by atoms with Crippen LogP contribution >= 0.6 is 0 Å². The number of anilines is 2. The van der Waals surface area contributed by atoms with Crippen LogP contribution in [0, 0.1) is 6.92 Å². The molecule has 0 radical (unpaired) electrons. The van der Waals surface area contributed by atoms with Crippen molar-refractivity contribution in [1.82, 2.24) is 19.3 Å². The summed E-state index contributed by atoms with van der Waals surface area (Å²) < 4.78 is 53.2. The highest BCUT2D eigenvalue weighted by atomic mass is 19.4. The molecule has 0 aliphatic carbocycles. The number of hydrogen-bond acceptors (Lipinski definition) is 7. The molecule has 4 heterocycles. The van der Waals surface area contributed by atoms with Gasteiger partial charge in [-0.3, -0.25) is 9.20 Å². The van der Waals surface area contributed by atoms with Crippen LogP contribution in [0.1, 0.15) is 54.0 Å². The van der Waals surface area contributed by atoms with Crippen molar-refractivity contribution in [1.29, 1.82) is 0 Å². The molecule has 1 fully saturated rings. The van der Waals surface area contributed by atoms with Gasteiger partial charge in [0.2, 0.25) is 0 Å². The first-order chi connectivity index (χ1) is 17.5. The van der Waals surface area contributed by atoms with E-state index in [4.69, 9.17) is 20.2 Å². The average molecular weight is 519 g/mol. The Kier molecular flexibility index (Phi) is 6.27. The third-order valence-electron chi connectivity index (χ3n) is 7.27. The minimum absolute atomic E-state index is 0.0247. The zero-order valence-corrected chi connectivity index (χ0v) is 20.9. The second kappa shape index (κ2) is 9.18. The Morgan fingerprint density at radius 1 is 1.24 bits per heavy atom. The molecule has 1 amide bonds. The summed E-state index contributed by atoms with van der Waals surface area (Å²) in [6, 6.07) is 2.97. The van der Waals surface area contributed by atoms with Crippen LogP contribution in [0.5, 0.6) is 0 Å². The lowest BCUT2D eigenvalue weighted by atomic mass is 9.92. The summed E-state index contributed by atoms with van der Waals surface area (Å²) in [4.78, 5) is 24.5. The number of fused-ring (bicyclic) bond motifs is 3. The van der Waals surface area contributed by atoms with E-state index < -0.39 is 23.4 Å². The third kappa shape index (κ3) is 4.48. The molecule has 37 heavy (non-hydrogen) atoms. The van der Waals surface area contributed by atoms with Gasteiger partial charge in [0.15, 0.2) is 11.2 Å². The molecular weight excluding hydrogens is 489 g/mol. The number of carbonyl (C=O) groups is 1. The van der Waals surface area contributed by atoms with Crippen LogP contribution in [0.2, 0.25) is 0 Å². The molecule has 3 N–H and O–H groups in total. The van der Waals surface area contributed by atoms with Crippen LogP contribution in [0.4, 0.5) is 24.7 Å². The Balaban J connectivity index is 1.50. The topological polar surface area (TPSA) is 107 Å². The number of methoxy groups -OCH3 is 1. The number of ether oxygens (including phenoxy) is 2. The van der Waals surface area contributed by atoms with E-state index in [0.717, 1.165) is 29.2 Å². The zero-order chi connectivity index (χ0) is 26.5. The summed E-state index contributed by atoms with van der Waals surface area (Å²) in [7, 11) is 1.54. The molecule has 3 aromatic rings. The largest absolute Gasteiger partial charge is 0.416 e. The van der Waals surface area contributed by atoms with Gasteiger partial charge in [-0.15, -0.1) is 0 Å². The van der Waals surface area contributed by atoms with Gasteiger partial charge in [-0.1, -0.05) is 0 Å². The fraction of sp³-hybridized carbons (Fsp3) is 0.480. The molecular formula is C25H29F3N6O3. The van der Waals surface area contributed by atoms with Gasteiger partial charge in [0.25, 0.3) is 5.91 Å². The first-order valence-electron chi connectivity index (χ1n) is 12.0. The summed E-state index contributed by atoms with van der Waals surface area (Å²) in [6.07, 6.45) is -1.95. The van der Waals surface area contributed by atoms with Gasteiger partial charge < -0.3 is 25.4 Å². The molecule has 0 saturated carbocycles. The molecule has 0 spiro atoms. The Hall–Kier alpha value is -3.38. The molecule has 1 saturated heterocycles. The molecule has 2 aliphatic rings. The van der Waals surface area contributed by atoms with Gasteiger partial charge in [-0.05, 0) is 37.6 Å². The van der Waals surface area contributed by atoms with Crippen molar-refractivity contribution in [2.45, 2.75) is 57.6 Å². The maximum atomic E-state index is 13.7. The number of rotatable bonds is 5. The Bertz CT molecular complexity index is 1350. The number of hydrogen-bond donors (Lipinski definition) is 2. The lowest BCUT2D eigenvalue weighted by Crippen LogP contribution is -2.51. The Morgan fingerprint density at radius 2 is 1.97 bits per heavy atom. The lowest BCUT2D eigenvalue weighted by Gasteiger charge is -2.37. The number of nitrogens with one attached hydrogen (secondary N) is 1. The monoisotopic (exact) mass is 518 g/mol. The van der Waals surface area contributed by atoms with Gasteiger partial charge in [-0.2, -0.15) is 13.2 Å². The summed E-state index contributed by atoms with van der Waals surface area (Å²) in [6.45, 7) is 5.09. The number of aromatic nitrogens is 3. The molecule has 0 unspecified atom stereocenters. The number of imidazole rings is 1.